The fraction of sp³-hybridized carbons (Fsp3) is 0.0769. The summed E-state index contributed by atoms with van der Waals surface area (Å²) >= 11 is 2.36. The number of benzene rings is 1. The minimum absolute atomic E-state index is 0.161. The fourth-order valence-electron chi connectivity index (χ4n) is 1.45. The van der Waals surface area contributed by atoms with Gasteiger partial charge in [0, 0.05) is 11.5 Å². The van der Waals surface area contributed by atoms with Gasteiger partial charge in [-0.1, -0.05) is 17.8 Å². The van der Waals surface area contributed by atoms with Crippen LogP contribution in [0, 0.1) is 11.3 Å². The zero-order valence-corrected chi connectivity index (χ0v) is 12.9. The summed E-state index contributed by atoms with van der Waals surface area (Å²) < 4.78 is 3.99. The highest BCUT2D eigenvalue weighted by atomic mass is 32.2. The van der Waals surface area contributed by atoms with Crippen molar-refractivity contribution in [2.45, 2.75) is 5.16 Å². The predicted molar refractivity (Wildman–Crippen MR) is 83.7 cm³/mol. The van der Waals surface area contributed by atoms with Crippen LogP contribution < -0.4 is 5.32 Å². The average molecular weight is 334 g/mol. The van der Waals surface area contributed by atoms with Crippen molar-refractivity contribution in [3.05, 3.63) is 29.3 Å². The molecule has 7 nitrogen and oxygen atoms in total. The van der Waals surface area contributed by atoms with Gasteiger partial charge in [0.1, 0.15) is 11.6 Å². The molecule has 1 heterocycles. The van der Waals surface area contributed by atoms with Gasteiger partial charge >= 0.3 is 0 Å². The van der Waals surface area contributed by atoms with Crippen LogP contribution in [0.3, 0.4) is 0 Å². The number of aromatic nitrogens is 2. The maximum absolute atomic E-state index is 12.0. The average Bonchev–Trinajstić information content (AvgIpc) is 2.95. The molecule has 0 saturated heterocycles. The van der Waals surface area contributed by atoms with Crippen molar-refractivity contribution in [1.29, 1.82) is 5.26 Å². The van der Waals surface area contributed by atoms with Crippen LogP contribution in [0.15, 0.2) is 28.9 Å². The van der Waals surface area contributed by atoms with Gasteiger partial charge in [-0.25, -0.2) is 0 Å². The topological polar surface area (TPSA) is 119 Å². The van der Waals surface area contributed by atoms with Crippen LogP contribution in [-0.4, -0.2) is 31.7 Å². The van der Waals surface area contributed by atoms with Crippen molar-refractivity contribution >= 4 is 40.4 Å². The van der Waals surface area contributed by atoms with E-state index < -0.39 is 5.91 Å². The summed E-state index contributed by atoms with van der Waals surface area (Å²) in [5.74, 6) is -1.24. The number of thioether (sulfide) groups is 1. The first-order valence-electron chi connectivity index (χ1n) is 5.86. The Balaban J connectivity index is 2.19. The second-order valence-corrected chi connectivity index (χ2v) is 5.48. The molecule has 0 spiro atoms. The first kappa shape index (κ1) is 15.8. The Morgan fingerprint density at radius 2 is 2.23 bits per heavy atom. The molecule has 0 bridgehead atoms. The minimum atomic E-state index is -0.626. The van der Waals surface area contributed by atoms with E-state index in [0.717, 1.165) is 11.5 Å². The molecule has 0 aliphatic rings. The number of carbonyl (C=O) groups excluding carboxylic acids is 1. The molecule has 2 aromatic rings. The van der Waals surface area contributed by atoms with Crippen molar-refractivity contribution in [2.24, 2.45) is 0 Å². The van der Waals surface area contributed by atoms with Crippen molar-refractivity contribution in [3.8, 4) is 17.6 Å². The molecule has 0 aliphatic heterocycles. The van der Waals surface area contributed by atoms with Gasteiger partial charge in [0.25, 0.3) is 5.91 Å². The lowest BCUT2D eigenvalue weighted by Gasteiger charge is -2.01. The minimum Gasteiger partial charge on any atom is -0.504 e. The summed E-state index contributed by atoms with van der Waals surface area (Å²) in [4.78, 5) is 16.1. The SMILES string of the molecule is CSc1nsc(NC(=O)C(C#N)=Cc2ccc(O)c(O)c2)n1. The Hall–Kier alpha value is -2.57. The van der Waals surface area contributed by atoms with Gasteiger partial charge < -0.3 is 10.2 Å². The number of hydrogen-bond donors (Lipinski definition) is 3. The van der Waals surface area contributed by atoms with Crippen LogP contribution >= 0.6 is 23.3 Å². The Labute approximate surface area is 134 Å². The number of anilines is 1. The zero-order chi connectivity index (χ0) is 16.1. The molecular formula is C13H10N4O3S2. The lowest BCUT2D eigenvalue weighted by Crippen LogP contribution is -2.13. The number of rotatable bonds is 4. The number of phenols is 2. The van der Waals surface area contributed by atoms with E-state index in [1.807, 2.05) is 6.26 Å². The Morgan fingerprint density at radius 1 is 1.45 bits per heavy atom. The second-order valence-electron chi connectivity index (χ2n) is 3.96. The zero-order valence-electron chi connectivity index (χ0n) is 11.3. The van der Waals surface area contributed by atoms with Gasteiger partial charge in [-0.2, -0.15) is 14.6 Å². The molecule has 0 radical (unpaired) electrons. The summed E-state index contributed by atoms with van der Waals surface area (Å²) in [7, 11) is 0. The van der Waals surface area contributed by atoms with Crippen LogP contribution in [-0.2, 0) is 4.79 Å². The Kier molecular flexibility index (Phi) is 4.98. The highest BCUT2D eigenvalue weighted by Gasteiger charge is 2.13. The Bertz CT molecular complexity index is 780. The lowest BCUT2D eigenvalue weighted by molar-refractivity contribution is -0.112. The maximum atomic E-state index is 12.0. The molecular weight excluding hydrogens is 324 g/mol. The molecule has 0 atom stereocenters. The highest BCUT2D eigenvalue weighted by molar-refractivity contribution is 7.98. The van der Waals surface area contributed by atoms with Gasteiger partial charge in [0.15, 0.2) is 11.5 Å². The van der Waals surface area contributed by atoms with E-state index in [1.165, 1.54) is 36.0 Å². The number of carbonyl (C=O) groups is 1. The molecule has 0 unspecified atom stereocenters. The smallest absolute Gasteiger partial charge is 0.268 e. The summed E-state index contributed by atoms with van der Waals surface area (Å²) in [6, 6.07) is 5.76. The summed E-state index contributed by atoms with van der Waals surface area (Å²) in [6.07, 6.45) is 3.11. The normalized spacial score (nSPS) is 11.0. The van der Waals surface area contributed by atoms with E-state index in [9.17, 15) is 15.0 Å². The van der Waals surface area contributed by atoms with Crippen LogP contribution in [0.4, 0.5) is 5.13 Å². The number of aromatic hydroxyl groups is 2. The van der Waals surface area contributed by atoms with Gasteiger partial charge in [0.2, 0.25) is 10.3 Å². The third-order valence-corrected chi connectivity index (χ3v) is 3.78. The number of nitriles is 1. The number of phenolic OH excluding ortho intramolecular Hbond substituents is 2. The molecule has 22 heavy (non-hydrogen) atoms. The largest absolute Gasteiger partial charge is 0.504 e. The highest BCUT2D eigenvalue weighted by Crippen LogP contribution is 2.26. The molecule has 2 rings (SSSR count). The maximum Gasteiger partial charge on any atom is 0.268 e. The standard InChI is InChI=1S/C13H10N4O3S2/c1-21-13-16-12(22-17-13)15-11(20)8(6-14)4-7-2-3-9(18)10(19)5-7/h2-5,18-19H,1H3,(H,15,16,17,20). The van der Waals surface area contributed by atoms with E-state index >= 15 is 0 Å². The molecule has 0 fully saturated rings. The monoisotopic (exact) mass is 334 g/mol. The summed E-state index contributed by atoms with van der Waals surface area (Å²) in [6.45, 7) is 0. The van der Waals surface area contributed by atoms with Crippen LogP contribution in [0.25, 0.3) is 6.08 Å². The number of nitrogens with one attached hydrogen (secondary N) is 1. The van der Waals surface area contributed by atoms with Gasteiger partial charge in [-0.15, -0.1) is 0 Å². The first-order chi connectivity index (χ1) is 10.5. The van der Waals surface area contributed by atoms with E-state index in [1.54, 1.807) is 6.07 Å². The summed E-state index contributed by atoms with van der Waals surface area (Å²) in [5, 5.41) is 31.0. The quantitative estimate of drug-likeness (QED) is 0.339. The van der Waals surface area contributed by atoms with Crippen LogP contribution in [0.2, 0.25) is 0 Å². The number of nitrogens with zero attached hydrogens (tertiary/aromatic N) is 3. The second kappa shape index (κ2) is 6.93. The van der Waals surface area contributed by atoms with Crippen molar-refractivity contribution in [1.82, 2.24) is 9.36 Å². The third-order valence-electron chi connectivity index (χ3n) is 2.49. The molecule has 0 aliphatic carbocycles. The van der Waals surface area contributed by atoms with Crippen molar-refractivity contribution in [3.63, 3.8) is 0 Å². The summed E-state index contributed by atoms with van der Waals surface area (Å²) in [5.41, 5.74) is 0.245. The predicted octanol–water partition coefficient (Wildman–Crippen LogP) is 2.22. The number of amides is 1. The number of hydrogen-bond acceptors (Lipinski definition) is 8. The molecule has 9 heteroatoms. The van der Waals surface area contributed by atoms with E-state index in [4.69, 9.17) is 5.26 Å². The van der Waals surface area contributed by atoms with Crippen molar-refractivity contribution < 1.29 is 15.0 Å². The molecule has 1 aromatic heterocycles. The lowest BCUT2D eigenvalue weighted by atomic mass is 10.1. The molecule has 0 saturated carbocycles. The van der Waals surface area contributed by atoms with Gasteiger partial charge in [-0.3, -0.25) is 10.1 Å². The van der Waals surface area contributed by atoms with E-state index in [2.05, 4.69) is 14.7 Å². The third kappa shape index (κ3) is 3.75. The van der Waals surface area contributed by atoms with Crippen LogP contribution in [0.5, 0.6) is 11.5 Å². The van der Waals surface area contributed by atoms with E-state index in [0.29, 0.717) is 15.9 Å². The fourth-order valence-corrected chi connectivity index (χ4v) is 2.57. The van der Waals surface area contributed by atoms with Crippen LogP contribution in [0.1, 0.15) is 5.56 Å². The van der Waals surface area contributed by atoms with E-state index in [-0.39, 0.29) is 17.1 Å². The van der Waals surface area contributed by atoms with Gasteiger partial charge in [0.05, 0.1) is 0 Å². The van der Waals surface area contributed by atoms with Gasteiger partial charge in [-0.05, 0) is 30.0 Å². The molecule has 1 amide bonds. The first-order valence-corrected chi connectivity index (χ1v) is 7.86. The molecule has 1 aromatic carbocycles. The molecule has 112 valence electrons. The Morgan fingerprint density at radius 3 is 2.82 bits per heavy atom. The molecule has 3 N–H and O–H groups in total. The van der Waals surface area contributed by atoms with Crippen molar-refractivity contribution in [2.75, 3.05) is 11.6 Å².